The SMILES string of the molecule is C/C=C\C(=C/C)COC(C)=O. The summed E-state index contributed by atoms with van der Waals surface area (Å²) in [6, 6.07) is 0. The molecule has 0 aromatic carbocycles. The highest BCUT2D eigenvalue weighted by molar-refractivity contribution is 5.66. The predicted molar refractivity (Wildman–Crippen MR) is 45.2 cm³/mol. The predicted octanol–water partition coefficient (Wildman–Crippen LogP) is 2.07. The van der Waals surface area contributed by atoms with Crippen molar-refractivity contribution in [3.8, 4) is 0 Å². The molecule has 62 valence electrons. The fourth-order valence-electron chi connectivity index (χ4n) is 0.627. The maximum absolute atomic E-state index is 10.4. The minimum atomic E-state index is -0.242. The molecule has 0 saturated heterocycles. The van der Waals surface area contributed by atoms with Crippen molar-refractivity contribution in [3.63, 3.8) is 0 Å². The van der Waals surface area contributed by atoms with Crippen molar-refractivity contribution >= 4 is 5.97 Å². The summed E-state index contributed by atoms with van der Waals surface area (Å²) in [4.78, 5) is 10.4. The van der Waals surface area contributed by atoms with Gasteiger partial charge in [-0.25, -0.2) is 0 Å². The number of carbonyl (C=O) groups excluding carboxylic acids is 1. The molecule has 11 heavy (non-hydrogen) atoms. The number of carbonyl (C=O) groups is 1. The van der Waals surface area contributed by atoms with E-state index in [0.29, 0.717) is 6.61 Å². The molecule has 0 aromatic heterocycles. The third-order valence-corrected chi connectivity index (χ3v) is 1.19. The van der Waals surface area contributed by atoms with E-state index in [2.05, 4.69) is 0 Å². The van der Waals surface area contributed by atoms with Gasteiger partial charge in [0.2, 0.25) is 0 Å². The van der Waals surface area contributed by atoms with Crippen LogP contribution in [-0.2, 0) is 9.53 Å². The Balaban J connectivity index is 3.81. The minimum absolute atomic E-state index is 0.242. The van der Waals surface area contributed by atoms with E-state index in [-0.39, 0.29) is 5.97 Å². The van der Waals surface area contributed by atoms with Crippen molar-refractivity contribution < 1.29 is 9.53 Å². The van der Waals surface area contributed by atoms with Gasteiger partial charge in [0.15, 0.2) is 0 Å². The monoisotopic (exact) mass is 154 g/mol. The summed E-state index contributed by atoms with van der Waals surface area (Å²) in [6.07, 6.45) is 5.75. The standard InChI is InChI=1S/C9H14O2/c1-4-6-9(5-2)7-11-8(3)10/h4-6H,7H2,1-3H3/b6-4-,9-5+. The molecule has 0 heterocycles. The summed E-state index contributed by atoms with van der Waals surface area (Å²) in [5.41, 5.74) is 1.02. The van der Waals surface area contributed by atoms with Crippen LogP contribution in [0.2, 0.25) is 0 Å². The average Bonchev–Trinajstić information content (AvgIpc) is 1.97. The summed E-state index contributed by atoms with van der Waals surface area (Å²) in [5.74, 6) is -0.242. The van der Waals surface area contributed by atoms with Crippen LogP contribution in [-0.4, -0.2) is 12.6 Å². The second-order valence-electron chi connectivity index (χ2n) is 2.14. The molecule has 0 spiro atoms. The molecule has 0 fully saturated rings. The number of ether oxygens (including phenoxy) is 1. The van der Waals surface area contributed by atoms with Crippen LogP contribution in [0.1, 0.15) is 20.8 Å². The van der Waals surface area contributed by atoms with Crippen LogP contribution in [0.5, 0.6) is 0 Å². The zero-order valence-corrected chi connectivity index (χ0v) is 7.26. The van der Waals surface area contributed by atoms with Crippen molar-refractivity contribution in [1.82, 2.24) is 0 Å². The highest BCUT2D eigenvalue weighted by Crippen LogP contribution is 1.97. The van der Waals surface area contributed by atoms with Crippen LogP contribution in [0.15, 0.2) is 23.8 Å². The van der Waals surface area contributed by atoms with Crippen molar-refractivity contribution in [2.24, 2.45) is 0 Å². The number of hydrogen-bond donors (Lipinski definition) is 0. The lowest BCUT2D eigenvalue weighted by molar-refractivity contribution is -0.139. The van der Waals surface area contributed by atoms with Gasteiger partial charge in [-0.05, 0) is 19.4 Å². The highest BCUT2D eigenvalue weighted by Gasteiger charge is 1.93. The normalized spacial score (nSPS) is 12.1. The molecule has 0 rings (SSSR count). The van der Waals surface area contributed by atoms with Gasteiger partial charge in [0.25, 0.3) is 0 Å². The fraction of sp³-hybridized carbons (Fsp3) is 0.444. The van der Waals surface area contributed by atoms with Gasteiger partial charge >= 0.3 is 5.97 Å². The first-order valence-corrected chi connectivity index (χ1v) is 3.62. The molecule has 0 saturated carbocycles. The minimum Gasteiger partial charge on any atom is -0.461 e. The zero-order chi connectivity index (χ0) is 8.69. The van der Waals surface area contributed by atoms with Crippen molar-refractivity contribution in [2.45, 2.75) is 20.8 Å². The van der Waals surface area contributed by atoms with Gasteiger partial charge in [0, 0.05) is 6.92 Å². The fourth-order valence-corrected chi connectivity index (χ4v) is 0.627. The molecule has 2 heteroatoms. The Bertz CT molecular complexity index is 178. The van der Waals surface area contributed by atoms with Crippen molar-refractivity contribution in [3.05, 3.63) is 23.8 Å². The van der Waals surface area contributed by atoms with Crippen molar-refractivity contribution in [2.75, 3.05) is 6.61 Å². The lowest BCUT2D eigenvalue weighted by atomic mass is 10.2. The first-order valence-electron chi connectivity index (χ1n) is 3.62. The average molecular weight is 154 g/mol. The molecule has 0 bridgehead atoms. The lowest BCUT2D eigenvalue weighted by Gasteiger charge is -2.00. The van der Waals surface area contributed by atoms with Gasteiger partial charge < -0.3 is 4.74 Å². The van der Waals surface area contributed by atoms with Crippen LogP contribution < -0.4 is 0 Å². The van der Waals surface area contributed by atoms with Crippen LogP contribution in [0.4, 0.5) is 0 Å². The summed E-state index contributed by atoms with van der Waals surface area (Å²) in [6.45, 7) is 5.62. The zero-order valence-electron chi connectivity index (χ0n) is 7.26. The van der Waals surface area contributed by atoms with E-state index in [1.807, 2.05) is 32.1 Å². The number of rotatable bonds is 3. The number of esters is 1. The van der Waals surface area contributed by atoms with Gasteiger partial charge in [0.05, 0.1) is 0 Å². The molecule has 0 unspecified atom stereocenters. The Morgan fingerprint density at radius 1 is 1.45 bits per heavy atom. The van der Waals surface area contributed by atoms with E-state index in [1.54, 1.807) is 0 Å². The third-order valence-electron chi connectivity index (χ3n) is 1.19. The van der Waals surface area contributed by atoms with Gasteiger partial charge in [-0.15, -0.1) is 0 Å². The summed E-state index contributed by atoms with van der Waals surface area (Å²) in [7, 11) is 0. The Kier molecular flexibility index (Phi) is 5.17. The highest BCUT2D eigenvalue weighted by atomic mass is 16.5. The van der Waals surface area contributed by atoms with E-state index >= 15 is 0 Å². The van der Waals surface area contributed by atoms with E-state index < -0.39 is 0 Å². The number of hydrogen-bond acceptors (Lipinski definition) is 2. The second kappa shape index (κ2) is 5.71. The topological polar surface area (TPSA) is 26.3 Å². The summed E-state index contributed by atoms with van der Waals surface area (Å²) < 4.78 is 4.79. The third kappa shape index (κ3) is 5.40. The molecule has 0 N–H and O–H groups in total. The molecule has 0 aliphatic carbocycles. The number of allylic oxidation sites excluding steroid dienone is 2. The molecule has 0 amide bonds. The molecule has 2 nitrogen and oxygen atoms in total. The smallest absolute Gasteiger partial charge is 0.302 e. The van der Waals surface area contributed by atoms with E-state index in [0.717, 1.165) is 5.57 Å². The van der Waals surface area contributed by atoms with Crippen LogP contribution in [0.3, 0.4) is 0 Å². The quantitative estimate of drug-likeness (QED) is 0.459. The molecular formula is C9H14O2. The molecule has 0 radical (unpaired) electrons. The Hall–Kier alpha value is -1.05. The van der Waals surface area contributed by atoms with Crippen LogP contribution >= 0.6 is 0 Å². The van der Waals surface area contributed by atoms with Gasteiger partial charge in [-0.2, -0.15) is 0 Å². The Labute approximate surface area is 67.6 Å². The van der Waals surface area contributed by atoms with Gasteiger partial charge in [-0.3, -0.25) is 4.79 Å². The van der Waals surface area contributed by atoms with E-state index in [9.17, 15) is 4.79 Å². The maximum Gasteiger partial charge on any atom is 0.302 e. The molecule has 0 atom stereocenters. The second-order valence-corrected chi connectivity index (χ2v) is 2.14. The van der Waals surface area contributed by atoms with E-state index in [1.165, 1.54) is 6.92 Å². The van der Waals surface area contributed by atoms with Crippen LogP contribution in [0, 0.1) is 0 Å². The Morgan fingerprint density at radius 3 is 2.45 bits per heavy atom. The molecule has 0 aliphatic rings. The summed E-state index contributed by atoms with van der Waals surface area (Å²) >= 11 is 0. The summed E-state index contributed by atoms with van der Waals surface area (Å²) in [5, 5.41) is 0. The maximum atomic E-state index is 10.4. The van der Waals surface area contributed by atoms with Crippen LogP contribution in [0.25, 0.3) is 0 Å². The first-order chi connectivity index (χ1) is 5.20. The Morgan fingerprint density at radius 2 is 2.09 bits per heavy atom. The van der Waals surface area contributed by atoms with Gasteiger partial charge in [0.1, 0.15) is 6.61 Å². The van der Waals surface area contributed by atoms with E-state index in [4.69, 9.17) is 4.74 Å². The lowest BCUT2D eigenvalue weighted by Crippen LogP contribution is -2.01. The molecule has 0 aliphatic heterocycles. The molecular weight excluding hydrogens is 140 g/mol. The van der Waals surface area contributed by atoms with Gasteiger partial charge in [-0.1, -0.05) is 18.2 Å². The molecule has 0 aromatic rings. The van der Waals surface area contributed by atoms with Crippen molar-refractivity contribution in [1.29, 1.82) is 0 Å². The largest absolute Gasteiger partial charge is 0.461 e. The first kappa shape index (κ1) is 9.95.